The third kappa shape index (κ3) is 9.16. The molecule has 0 aromatic rings. The molecule has 3 nitrogen and oxygen atoms in total. The Morgan fingerprint density at radius 3 is 2.29 bits per heavy atom. The van der Waals surface area contributed by atoms with Crippen LogP contribution in [-0.4, -0.2) is 23.7 Å². The number of aliphatic hydroxyl groups excluding tert-OH is 1. The van der Waals surface area contributed by atoms with Crippen molar-refractivity contribution in [3.8, 4) is 0 Å². The molecule has 0 spiro atoms. The molecule has 0 aromatic carbocycles. The van der Waals surface area contributed by atoms with E-state index in [2.05, 4.69) is 12.2 Å². The first kappa shape index (κ1) is 16.4. The molecule has 0 rings (SSSR count). The second kappa shape index (κ2) is 10.6. The van der Waals surface area contributed by atoms with Crippen molar-refractivity contribution >= 4 is 5.91 Å². The molecule has 0 saturated carbocycles. The lowest BCUT2D eigenvalue weighted by Gasteiger charge is -2.19. The van der Waals surface area contributed by atoms with Gasteiger partial charge in [0.15, 0.2) is 0 Å². The van der Waals surface area contributed by atoms with E-state index in [0.29, 0.717) is 6.42 Å². The maximum Gasteiger partial charge on any atom is 0.220 e. The lowest BCUT2D eigenvalue weighted by molar-refractivity contribution is -0.122. The first-order valence-electron chi connectivity index (χ1n) is 7.02. The number of hydrogen-bond donors (Lipinski definition) is 2. The van der Waals surface area contributed by atoms with Crippen LogP contribution in [0.5, 0.6) is 0 Å². The number of rotatable bonds is 10. The number of carbonyl (C=O) groups excluding carboxylic acids is 1. The Labute approximate surface area is 106 Å². The van der Waals surface area contributed by atoms with Crippen molar-refractivity contribution in [2.75, 3.05) is 6.61 Å². The minimum absolute atomic E-state index is 0.0626. The molecule has 0 aliphatic heterocycles. The molecule has 102 valence electrons. The third-order valence-corrected chi connectivity index (χ3v) is 3.29. The fourth-order valence-corrected chi connectivity index (χ4v) is 1.69. The molecule has 2 N–H and O–H groups in total. The smallest absolute Gasteiger partial charge is 0.220 e. The molecular weight excluding hydrogens is 214 g/mol. The summed E-state index contributed by atoms with van der Waals surface area (Å²) < 4.78 is 0. The molecular formula is C14H29NO2. The molecule has 2 atom stereocenters. The van der Waals surface area contributed by atoms with Crippen LogP contribution in [0.3, 0.4) is 0 Å². The summed E-state index contributed by atoms with van der Waals surface area (Å²) in [4.78, 5) is 11.6. The van der Waals surface area contributed by atoms with Gasteiger partial charge in [-0.2, -0.15) is 0 Å². The Morgan fingerprint density at radius 1 is 1.12 bits per heavy atom. The molecule has 0 aliphatic carbocycles. The molecule has 0 radical (unpaired) electrons. The normalized spacial score (nSPS) is 14.4. The van der Waals surface area contributed by atoms with Crippen molar-refractivity contribution in [1.29, 1.82) is 0 Å². The van der Waals surface area contributed by atoms with Gasteiger partial charge in [-0.3, -0.25) is 4.79 Å². The second-order valence-electron chi connectivity index (χ2n) is 5.03. The van der Waals surface area contributed by atoms with Crippen LogP contribution >= 0.6 is 0 Å². The summed E-state index contributed by atoms with van der Waals surface area (Å²) >= 11 is 0. The second-order valence-corrected chi connectivity index (χ2v) is 5.03. The summed E-state index contributed by atoms with van der Waals surface area (Å²) in [6.45, 7) is 6.21. The summed E-state index contributed by atoms with van der Waals surface area (Å²) in [6.07, 6.45) is 7.84. The molecule has 0 fully saturated rings. The van der Waals surface area contributed by atoms with Gasteiger partial charge < -0.3 is 10.4 Å². The monoisotopic (exact) mass is 243 g/mol. The van der Waals surface area contributed by atoms with Crippen LogP contribution in [0.15, 0.2) is 0 Å². The molecule has 17 heavy (non-hydrogen) atoms. The quantitative estimate of drug-likeness (QED) is 0.580. The van der Waals surface area contributed by atoms with E-state index in [1.54, 1.807) is 0 Å². The minimum Gasteiger partial charge on any atom is -0.396 e. The molecule has 3 heteroatoms. The Hall–Kier alpha value is -0.570. The van der Waals surface area contributed by atoms with Crippen LogP contribution in [0.25, 0.3) is 0 Å². The SMILES string of the molecule is CCCCCCCCC(=O)NC(C)C(C)CO. The Bertz CT molecular complexity index is 195. The number of hydrogen-bond acceptors (Lipinski definition) is 2. The number of nitrogens with one attached hydrogen (secondary N) is 1. The average molecular weight is 243 g/mol. The van der Waals surface area contributed by atoms with E-state index in [-0.39, 0.29) is 24.5 Å². The number of unbranched alkanes of at least 4 members (excludes halogenated alkanes) is 5. The first-order valence-corrected chi connectivity index (χ1v) is 7.02. The highest BCUT2D eigenvalue weighted by atomic mass is 16.3. The predicted molar refractivity (Wildman–Crippen MR) is 71.8 cm³/mol. The first-order chi connectivity index (χ1) is 8.11. The largest absolute Gasteiger partial charge is 0.396 e. The summed E-state index contributed by atoms with van der Waals surface area (Å²) in [5, 5.41) is 11.9. The van der Waals surface area contributed by atoms with E-state index in [0.717, 1.165) is 12.8 Å². The van der Waals surface area contributed by atoms with Gasteiger partial charge in [0.05, 0.1) is 0 Å². The predicted octanol–water partition coefficient (Wildman–Crippen LogP) is 2.87. The van der Waals surface area contributed by atoms with Gasteiger partial charge in [0.25, 0.3) is 0 Å². The van der Waals surface area contributed by atoms with Crippen LogP contribution in [0.4, 0.5) is 0 Å². The van der Waals surface area contributed by atoms with E-state index in [1.807, 2.05) is 13.8 Å². The van der Waals surface area contributed by atoms with Gasteiger partial charge in [-0.1, -0.05) is 46.0 Å². The summed E-state index contributed by atoms with van der Waals surface area (Å²) in [6, 6.07) is 0.0626. The number of aliphatic hydroxyl groups is 1. The van der Waals surface area contributed by atoms with Crippen LogP contribution in [0.1, 0.15) is 65.7 Å². The number of amides is 1. The van der Waals surface area contributed by atoms with Crippen molar-refractivity contribution in [3.05, 3.63) is 0 Å². The van der Waals surface area contributed by atoms with Gasteiger partial charge in [0.1, 0.15) is 0 Å². The standard InChI is InChI=1S/C14H29NO2/c1-4-5-6-7-8-9-10-14(17)15-13(3)12(2)11-16/h12-13,16H,4-11H2,1-3H3,(H,15,17). The molecule has 0 aliphatic rings. The van der Waals surface area contributed by atoms with Crippen molar-refractivity contribution in [1.82, 2.24) is 5.32 Å². The van der Waals surface area contributed by atoms with Crippen LogP contribution in [-0.2, 0) is 4.79 Å². The lowest BCUT2D eigenvalue weighted by atomic mass is 10.0. The molecule has 1 amide bonds. The van der Waals surface area contributed by atoms with Gasteiger partial charge in [-0.05, 0) is 19.3 Å². The number of carbonyl (C=O) groups is 1. The fourth-order valence-electron chi connectivity index (χ4n) is 1.69. The Morgan fingerprint density at radius 2 is 1.71 bits per heavy atom. The summed E-state index contributed by atoms with van der Waals surface area (Å²) in [5.74, 6) is 0.247. The zero-order valence-electron chi connectivity index (χ0n) is 11.7. The van der Waals surface area contributed by atoms with Crippen molar-refractivity contribution in [2.45, 2.75) is 71.8 Å². The lowest BCUT2D eigenvalue weighted by Crippen LogP contribution is -2.38. The van der Waals surface area contributed by atoms with Crippen LogP contribution in [0.2, 0.25) is 0 Å². The Balaban J connectivity index is 3.46. The maximum atomic E-state index is 11.6. The Kier molecular flexibility index (Phi) is 10.2. The van der Waals surface area contributed by atoms with Crippen LogP contribution < -0.4 is 5.32 Å². The van der Waals surface area contributed by atoms with Gasteiger partial charge in [0.2, 0.25) is 5.91 Å². The molecule has 0 aromatic heterocycles. The molecule has 0 saturated heterocycles. The highest BCUT2D eigenvalue weighted by Gasteiger charge is 2.13. The van der Waals surface area contributed by atoms with E-state index in [1.165, 1.54) is 25.7 Å². The summed E-state index contributed by atoms with van der Waals surface area (Å²) in [5.41, 5.74) is 0. The third-order valence-electron chi connectivity index (χ3n) is 3.29. The zero-order chi connectivity index (χ0) is 13.1. The van der Waals surface area contributed by atoms with Crippen LogP contribution in [0, 0.1) is 5.92 Å². The van der Waals surface area contributed by atoms with Gasteiger partial charge in [0, 0.05) is 19.1 Å². The van der Waals surface area contributed by atoms with E-state index in [9.17, 15) is 4.79 Å². The van der Waals surface area contributed by atoms with Crippen molar-refractivity contribution in [2.24, 2.45) is 5.92 Å². The average Bonchev–Trinajstić information content (AvgIpc) is 2.32. The zero-order valence-corrected chi connectivity index (χ0v) is 11.7. The van der Waals surface area contributed by atoms with Gasteiger partial charge in [-0.15, -0.1) is 0 Å². The van der Waals surface area contributed by atoms with Crippen molar-refractivity contribution in [3.63, 3.8) is 0 Å². The molecule has 2 unspecified atom stereocenters. The highest BCUT2D eigenvalue weighted by molar-refractivity contribution is 5.76. The van der Waals surface area contributed by atoms with Gasteiger partial charge >= 0.3 is 0 Å². The van der Waals surface area contributed by atoms with E-state index < -0.39 is 0 Å². The maximum absolute atomic E-state index is 11.6. The van der Waals surface area contributed by atoms with E-state index >= 15 is 0 Å². The van der Waals surface area contributed by atoms with Gasteiger partial charge in [-0.25, -0.2) is 0 Å². The minimum atomic E-state index is 0.0626. The highest BCUT2D eigenvalue weighted by Crippen LogP contribution is 2.07. The molecule has 0 bridgehead atoms. The molecule has 0 heterocycles. The summed E-state index contributed by atoms with van der Waals surface area (Å²) in [7, 11) is 0. The van der Waals surface area contributed by atoms with Crippen molar-refractivity contribution < 1.29 is 9.90 Å². The fraction of sp³-hybridized carbons (Fsp3) is 0.929. The van der Waals surface area contributed by atoms with E-state index in [4.69, 9.17) is 5.11 Å². The topological polar surface area (TPSA) is 49.3 Å².